The Kier molecular flexibility index (Phi) is 5.02. The Bertz CT molecular complexity index is 748. The largest absolute Gasteiger partial charge is 0.493 e. The van der Waals surface area contributed by atoms with E-state index in [0.29, 0.717) is 36.0 Å². The van der Waals surface area contributed by atoms with E-state index in [9.17, 15) is 4.79 Å². The van der Waals surface area contributed by atoms with Gasteiger partial charge in [0.1, 0.15) is 6.10 Å². The standard InChI is InChI=1S/C18H21N3O4/c1-12-7-8-16(20-19-12)25-13-9-10-21(11-13)18(22)14-5-4-6-15(23-2)17(14)24-3/h4-8,13H,9-11H2,1-3H3. The quantitative estimate of drug-likeness (QED) is 0.828. The third-order valence-corrected chi connectivity index (χ3v) is 4.13. The lowest BCUT2D eigenvalue weighted by Gasteiger charge is -2.19. The molecule has 0 saturated carbocycles. The zero-order chi connectivity index (χ0) is 17.8. The lowest BCUT2D eigenvalue weighted by Crippen LogP contribution is -2.31. The predicted octanol–water partition coefficient (Wildman–Crippen LogP) is 2.10. The molecule has 2 aromatic rings. The average molecular weight is 343 g/mol. The van der Waals surface area contributed by atoms with E-state index in [1.807, 2.05) is 13.0 Å². The van der Waals surface area contributed by atoms with Gasteiger partial charge in [0.2, 0.25) is 5.88 Å². The van der Waals surface area contributed by atoms with E-state index < -0.39 is 0 Å². The number of ether oxygens (including phenoxy) is 3. The summed E-state index contributed by atoms with van der Waals surface area (Å²) in [6, 6.07) is 8.92. The molecule has 3 rings (SSSR count). The first-order valence-electron chi connectivity index (χ1n) is 8.09. The molecule has 1 fully saturated rings. The molecule has 2 heterocycles. The summed E-state index contributed by atoms with van der Waals surface area (Å²) in [5.41, 5.74) is 1.32. The van der Waals surface area contributed by atoms with E-state index in [1.54, 1.807) is 36.3 Å². The molecule has 1 aromatic carbocycles. The second-order valence-electron chi connectivity index (χ2n) is 5.83. The fourth-order valence-corrected chi connectivity index (χ4v) is 2.86. The minimum atomic E-state index is -0.100. The third-order valence-electron chi connectivity index (χ3n) is 4.13. The molecular weight excluding hydrogens is 322 g/mol. The summed E-state index contributed by atoms with van der Waals surface area (Å²) in [5.74, 6) is 1.36. The normalized spacial score (nSPS) is 16.6. The van der Waals surface area contributed by atoms with Crippen molar-refractivity contribution in [3.8, 4) is 17.4 Å². The van der Waals surface area contributed by atoms with Crippen molar-refractivity contribution in [2.24, 2.45) is 0 Å². The summed E-state index contributed by atoms with van der Waals surface area (Å²) >= 11 is 0. The van der Waals surface area contributed by atoms with Crippen molar-refractivity contribution in [1.29, 1.82) is 0 Å². The summed E-state index contributed by atoms with van der Waals surface area (Å²) in [5, 5.41) is 7.99. The minimum absolute atomic E-state index is 0.0995. The second kappa shape index (κ2) is 7.38. The van der Waals surface area contributed by atoms with Crippen LogP contribution in [0.1, 0.15) is 22.5 Å². The maximum Gasteiger partial charge on any atom is 0.257 e. The minimum Gasteiger partial charge on any atom is -0.493 e. The van der Waals surface area contributed by atoms with Crippen LogP contribution in [0, 0.1) is 6.92 Å². The molecule has 0 bridgehead atoms. The maximum atomic E-state index is 12.8. The number of hydrogen-bond acceptors (Lipinski definition) is 6. The smallest absolute Gasteiger partial charge is 0.257 e. The Balaban J connectivity index is 1.69. The van der Waals surface area contributed by atoms with E-state index in [2.05, 4.69) is 10.2 Å². The average Bonchev–Trinajstić information content (AvgIpc) is 3.10. The highest BCUT2D eigenvalue weighted by atomic mass is 16.5. The number of benzene rings is 1. The molecule has 25 heavy (non-hydrogen) atoms. The highest BCUT2D eigenvalue weighted by Gasteiger charge is 2.30. The molecule has 1 aromatic heterocycles. The van der Waals surface area contributed by atoms with Crippen LogP contribution < -0.4 is 14.2 Å². The fourth-order valence-electron chi connectivity index (χ4n) is 2.86. The Morgan fingerprint density at radius 1 is 1.16 bits per heavy atom. The molecule has 1 aliphatic heterocycles. The van der Waals surface area contributed by atoms with Crippen LogP contribution in [0.4, 0.5) is 0 Å². The molecule has 0 N–H and O–H groups in total. The summed E-state index contributed by atoms with van der Waals surface area (Å²) in [7, 11) is 3.08. The molecule has 0 aliphatic carbocycles. The molecule has 1 atom stereocenters. The molecule has 1 saturated heterocycles. The van der Waals surface area contributed by atoms with Crippen LogP contribution >= 0.6 is 0 Å². The third kappa shape index (κ3) is 3.65. The van der Waals surface area contributed by atoms with E-state index in [0.717, 1.165) is 12.1 Å². The number of nitrogens with zero attached hydrogens (tertiary/aromatic N) is 3. The SMILES string of the molecule is COc1cccc(C(=O)N2CCC(Oc3ccc(C)nn3)C2)c1OC. The first kappa shape index (κ1) is 17.0. The van der Waals surface area contributed by atoms with Crippen LogP contribution in [0.3, 0.4) is 0 Å². The zero-order valence-electron chi connectivity index (χ0n) is 14.6. The van der Waals surface area contributed by atoms with E-state index in [4.69, 9.17) is 14.2 Å². The fraction of sp³-hybridized carbons (Fsp3) is 0.389. The number of carbonyl (C=O) groups excluding carboxylic acids is 1. The summed E-state index contributed by atoms with van der Waals surface area (Å²) in [4.78, 5) is 14.6. The molecule has 0 radical (unpaired) electrons. The van der Waals surface area contributed by atoms with Crippen LogP contribution in [0.15, 0.2) is 30.3 Å². The van der Waals surface area contributed by atoms with Gasteiger partial charge in [-0.15, -0.1) is 5.10 Å². The molecule has 7 heteroatoms. The lowest BCUT2D eigenvalue weighted by molar-refractivity contribution is 0.0767. The van der Waals surface area contributed by atoms with Crippen LogP contribution in [-0.2, 0) is 0 Å². The highest BCUT2D eigenvalue weighted by Crippen LogP contribution is 2.32. The van der Waals surface area contributed by atoms with E-state index in [1.165, 1.54) is 7.11 Å². The van der Waals surface area contributed by atoms with Crippen molar-refractivity contribution >= 4 is 5.91 Å². The van der Waals surface area contributed by atoms with Gasteiger partial charge in [-0.2, -0.15) is 5.10 Å². The second-order valence-corrected chi connectivity index (χ2v) is 5.83. The summed E-state index contributed by atoms with van der Waals surface area (Å²) < 4.78 is 16.4. The van der Waals surface area contributed by atoms with Gasteiger partial charge in [-0.3, -0.25) is 4.79 Å². The number of amides is 1. The number of para-hydroxylation sites is 1. The van der Waals surface area contributed by atoms with Crippen molar-refractivity contribution in [2.45, 2.75) is 19.4 Å². The van der Waals surface area contributed by atoms with Gasteiger partial charge in [0.05, 0.1) is 32.0 Å². The highest BCUT2D eigenvalue weighted by molar-refractivity contribution is 5.98. The first-order chi connectivity index (χ1) is 12.1. The molecule has 1 unspecified atom stereocenters. The lowest BCUT2D eigenvalue weighted by atomic mass is 10.1. The van der Waals surface area contributed by atoms with E-state index >= 15 is 0 Å². The molecule has 1 amide bonds. The van der Waals surface area contributed by atoms with Crippen LogP contribution in [-0.4, -0.2) is 54.4 Å². The van der Waals surface area contributed by atoms with Crippen molar-refractivity contribution in [3.05, 3.63) is 41.6 Å². The number of aryl methyl sites for hydroxylation is 1. The topological polar surface area (TPSA) is 73.8 Å². The van der Waals surface area contributed by atoms with Crippen molar-refractivity contribution in [1.82, 2.24) is 15.1 Å². The van der Waals surface area contributed by atoms with Crippen molar-refractivity contribution < 1.29 is 19.0 Å². The summed E-state index contributed by atoms with van der Waals surface area (Å²) in [6.07, 6.45) is 0.644. The first-order valence-corrected chi connectivity index (χ1v) is 8.09. The number of aromatic nitrogens is 2. The van der Waals surface area contributed by atoms with E-state index in [-0.39, 0.29) is 12.0 Å². The van der Waals surface area contributed by atoms with Gasteiger partial charge in [-0.05, 0) is 25.1 Å². The zero-order valence-corrected chi connectivity index (χ0v) is 14.6. The number of methoxy groups -OCH3 is 2. The van der Waals surface area contributed by atoms with Crippen LogP contribution in [0.25, 0.3) is 0 Å². The Labute approximate surface area is 146 Å². The van der Waals surface area contributed by atoms with Crippen LogP contribution in [0.2, 0.25) is 0 Å². The number of hydrogen-bond donors (Lipinski definition) is 0. The van der Waals surface area contributed by atoms with Gasteiger partial charge in [0, 0.05) is 19.0 Å². The summed E-state index contributed by atoms with van der Waals surface area (Å²) in [6.45, 7) is 2.98. The van der Waals surface area contributed by atoms with Crippen molar-refractivity contribution in [3.63, 3.8) is 0 Å². The molecule has 1 aliphatic rings. The molecular formula is C18H21N3O4. The van der Waals surface area contributed by atoms with Gasteiger partial charge >= 0.3 is 0 Å². The Hall–Kier alpha value is -2.83. The monoisotopic (exact) mass is 343 g/mol. The van der Waals surface area contributed by atoms with Gasteiger partial charge in [0.15, 0.2) is 11.5 Å². The van der Waals surface area contributed by atoms with Gasteiger partial charge in [-0.25, -0.2) is 0 Å². The van der Waals surface area contributed by atoms with Gasteiger partial charge in [0.25, 0.3) is 5.91 Å². The number of rotatable bonds is 5. The maximum absolute atomic E-state index is 12.8. The predicted molar refractivity (Wildman–Crippen MR) is 91.3 cm³/mol. The molecule has 7 nitrogen and oxygen atoms in total. The Morgan fingerprint density at radius 3 is 2.68 bits per heavy atom. The number of likely N-dealkylation sites (tertiary alicyclic amines) is 1. The van der Waals surface area contributed by atoms with Gasteiger partial charge in [-0.1, -0.05) is 6.07 Å². The van der Waals surface area contributed by atoms with Crippen LogP contribution in [0.5, 0.6) is 17.4 Å². The number of carbonyl (C=O) groups is 1. The molecule has 0 spiro atoms. The Morgan fingerprint density at radius 2 is 2.00 bits per heavy atom. The van der Waals surface area contributed by atoms with Crippen molar-refractivity contribution in [2.75, 3.05) is 27.3 Å². The van der Waals surface area contributed by atoms with Gasteiger partial charge < -0.3 is 19.1 Å². The molecule has 132 valence electrons.